The molecule has 0 saturated carbocycles. The van der Waals surface area contributed by atoms with Gasteiger partial charge in [0.2, 0.25) is 5.91 Å². The third-order valence-electron chi connectivity index (χ3n) is 4.94. The minimum Gasteiger partial charge on any atom is -0.469 e. The van der Waals surface area contributed by atoms with Gasteiger partial charge in [-0.3, -0.25) is 9.79 Å². The van der Waals surface area contributed by atoms with Crippen molar-refractivity contribution in [2.45, 2.75) is 18.8 Å². The highest BCUT2D eigenvalue weighted by molar-refractivity contribution is 5.81. The summed E-state index contributed by atoms with van der Waals surface area (Å²) in [5.41, 5.74) is 0.512. The summed E-state index contributed by atoms with van der Waals surface area (Å²) in [7, 11) is 1.62. The van der Waals surface area contributed by atoms with Crippen molar-refractivity contribution < 1.29 is 9.21 Å². The molecule has 1 fully saturated rings. The van der Waals surface area contributed by atoms with Crippen molar-refractivity contribution in [3.8, 4) is 6.07 Å². The number of amides is 1. The lowest BCUT2D eigenvalue weighted by Gasteiger charge is -2.22. The first-order chi connectivity index (χ1) is 14.7. The maximum atomic E-state index is 11.5. The highest BCUT2D eigenvalue weighted by atomic mass is 16.3. The van der Waals surface area contributed by atoms with Gasteiger partial charge < -0.3 is 25.3 Å². The first-order valence-corrected chi connectivity index (χ1v) is 10.1. The van der Waals surface area contributed by atoms with E-state index < -0.39 is 0 Å². The Morgan fingerprint density at radius 1 is 1.40 bits per heavy atom. The van der Waals surface area contributed by atoms with Gasteiger partial charge in [0, 0.05) is 51.8 Å². The largest absolute Gasteiger partial charge is 0.469 e. The molecule has 158 valence electrons. The fourth-order valence-corrected chi connectivity index (χ4v) is 3.36. The van der Waals surface area contributed by atoms with Crippen LogP contribution in [0.1, 0.15) is 30.1 Å². The molecule has 0 radical (unpaired) electrons. The number of aromatic nitrogens is 1. The van der Waals surface area contributed by atoms with E-state index in [0.29, 0.717) is 43.4 Å². The molecule has 3 N–H and O–H groups in total. The van der Waals surface area contributed by atoms with Crippen LogP contribution in [-0.2, 0) is 4.79 Å². The van der Waals surface area contributed by atoms with Crippen molar-refractivity contribution in [3.63, 3.8) is 0 Å². The summed E-state index contributed by atoms with van der Waals surface area (Å²) in [5.74, 6) is 2.63. The molecular formula is C21H27N7O2. The molecule has 30 heavy (non-hydrogen) atoms. The second kappa shape index (κ2) is 10.9. The molecule has 0 aliphatic carbocycles. The number of carbonyl (C=O) groups excluding carboxylic acids is 1. The molecule has 2 aromatic heterocycles. The quantitative estimate of drug-likeness (QED) is 0.344. The van der Waals surface area contributed by atoms with Crippen molar-refractivity contribution in [2.75, 3.05) is 45.1 Å². The smallest absolute Gasteiger partial charge is 0.221 e. The fourth-order valence-electron chi connectivity index (χ4n) is 3.36. The Balaban J connectivity index is 1.56. The zero-order valence-corrected chi connectivity index (χ0v) is 17.1. The summed E-state index contributed by atoms with van der Waals surface area (Å²) in [4.78, 5) is 22.6. The molecule has 1 saturated heterocycles. The van der Waals surface area contributed by atoms with Crippen LogP contribution in [0.4, 0.5) is 5.82 Å². The van der Waals surface area contributed by atoms with Crippen molar-refractivity contribution in [1.29, 1.82) is 5.26 Å². The number of aliphatic imine (C=N–C) groups is 1. The summed E-state index contributed by atoms with van der Waals surface area (Å²) in [6, 6.07) is 9.51. The molecule has 2 aromatic rings. The summed E-state index contributed by atoms with van der Waals surface area (Å²) in [6.45, 7) is 3.27. The summed E-state index contributed by atoms with van der Waals surface area (Å²) < 4.78 is 5.56. The number of hydrogen-bond donors (Lipinski definition) is 3. The zero-order valence-electron chi connectivity index (χ0n) is 17.1. The Morgan fingerprint density at radius 2 is 2.30 bits per heavy atom. The molecule has 1 unspecified atom stereocenters. The van der Waals surface area contributed by atoms with Gasteiger partial charge in [0.1, 0.15) is 17.6 Å². The van der Waals surface area contributed by atoms with Crippen LogP contribution in [0.15, 0.2) is 46.1 Å². The fraction of sp³-hybridized carbons (Fsp3) is 0.429. The first kappa shape index (κ1) is 21.2. The molecule has 1 amide bonds. The SMILES string of the molecule is CNC(=O)CCN=C(NCCNc1ncccc1C#N)N1CCC(c2ccco2)C1. The lowest BCUT2D eigenvalue weighted by atomic mass is 10.1. The number of furan rings is 1. The van der Waals surface area contributed by atoms with E-state index in [1.54, 1.807) is 31.6 Å². The molecule has 9 nitrogen and oxygen atoms in total. The van der Waals surface area contributed by atoms with E-state index in [9.17, 15) is 4.79 Å². The number of guanidine groups is 1. The average molecular weight is 409 g/mol. The Morgan fingerprint density at radius 3 is 3.07 bits per heavy atom. The summed E-state index contributed by atoms with van der Waals surface area (Å²) in [6.07, 6.45) is 4.69. The maximum absolute atomic E-state index is 11.5. The van der Waals surface area contributed by atoms with Gasteiger partial charge in [-0.25, -0.2) is 4.98 Å². The van der Waals surface area contributed by atoms with Crippen LogP contribution < -0.4 is 16.0 Å². The zero-order chi connectivity index (χ0) is 21.2. The standard InChI is InChI=1S/C21H27N7O2/c1-23-19(29)6-9-26-21(28-12-7-17(15-28)18-5-3-13-30-18)27-11-10-25-20-16(14-22)4-2-8-24-20/h2-5,8,13,17H,6-7,9-12,15H2,1H3,(H,23,29)(H,24,25)(H,26,27). The Kier molecular flexibility index (Phi) is 7.66. The second-order valence-corrected chi connectivity index (χ2v) is 6.94. The number of rotatable bonds is 8. The second-order valence-electron chi connectivity index (χ2n) is 6.94. The molecule has 1 aliphatic rings. The molecule has 0 spiro atoms. The summed E-state index contributed by atoms with van der Waals surface area (Å²) in [5, 5.41) is 18.3. The molecule has 3 rings (SSSR count). The van der Waals surface area contributed by atoms with E-state index in [-0.39, 0.29) is 5.91 Å². The number of nitrogens with one attached hydrogen (secondary N) is 3. The predicted octanol–water partition coefficient (Wildman–Crippen LogP) is 1.53. The number of hydrogen-bond acceptors (Lipinski definition) is 6. The highest BCUT2D eigenvalue weighted by Gasteiger charge is 2.27. The topological polar surface area (TPSA) is 119 Å². The van der Waals surface area contributed by atoms with Crippen molar-refractivity contribution in [2.24, 2.45) is 4.99 Å². The van der Waals surface area contributed by atoms with Gasteiger partial charge in [0.25, 0.3) is 0 Å². The van der Waals surface area contributed by atoms with Crippen LogP contribution in [0.3, 0.4) is 0 Å². The van der Waals surface area contributed by atoms with E-state index in [1.165, 1.54) is 0 Å². The van der Waals surface area contributed by atoms with Crippen LogP contribution in [0.2, 0.25) is 0 Å². The summed E-state index contributed by atoms with van der Waals surface area (Å²) >= 11 is 0. The van der Waals surface area contributed by atoms with Gasteiger partial charge >= 0.3 is 0 Å². The molecule has 0 aromatic carbocycles. The number of anilines is 1. The van der Waals surface area contributed by atoms with E-state index >= 15 is 0 Å². The number of pyridine rings is 1. The molecular weight excluding hydrogens is 382 g/mol. The third-order valence-corrected chi connectivity index (χ3v) is 4.94. The van der Waals surface area contributed by atoms with Crippen LogP contribution in [0, 0.1) is 11.3 Å². The van der Waals surface area contributed by atoms with Gasteiger partial charge in [0.15, 0.2) is 5.96 Å². The molecule has 3 heterocycles. The van der Waals surface area contributed by atoms with Crippen molar-refractivity contribution in [1.82, 2.24) is 20.5 Å². The third kappa shape index (κ3) is 5.73. The molecule has 9 heteroatoms. The minimum absolute atomic E-state index is 0.0335. The van der Waals surface area contributed by atoms with E-state index in [0.717, 1.165) is 31.2 Å². The molecule has 1 atom stereocenters. The number of nitrogens with zero attached hydrogens (tertiary/aromatic N) is 4. The van der Waals surface area contributed by atoms with Crippen LogP contribution >= 0.6 is 0 Å². The minimum atomic E-state index is -0.0335. The Bertz CT molecular complexity index is 889. The maximum Gasteiger partial charge on any atom is 0.221 e. The Hall–Kier alpha value is -3.54. The van der Waals surface area contributed by atoms with Gasteiger partial charge in [-0.15, -0.1) is 0 Å². The number of nitriles is 1. The normalized spacial score (nSPS) is 16.2. The average Bonchev–Trinajstić information content (AvgIpc) is 3.47. The van der Waals surface area contributed by atoms with Crippen LogP contribution in [0.5, 0.6) is 0 Å². The van der Waals surface area contributed by atoms with Crippen molar-refractivity contribution >= 4 is 17.7 Å². The van der Waals surface area contributed by atoms with Gasteiger partial charge in [-0.1, -0.05) is 0 Å². The van der Waals surface area contributed by atoms with E-state index in [2.05, 4.69) is 36.9 Å². The van der Waals surface area contributed by atoms with Gasteiger partial charge in [-0.2, -0.15) is 5.26 Å². The molecule has 1 aliphatic heterocycles. The van der Waals surface area contributed by atoms with E-state index in [4.69, 9.17) is 9.68 Å². The van der Waals surface area contributed by atoms with Crippen molar-refractivity contribution in [3.05, 3.63) is 48.0 Å². The van der Waals surface area contributed by atoms with Gasteiger partial charge in [-0.05, 0) is 30.7 Å². The highest BCUT2D eigenvalue weighted by Crippen LogP contribution is 2.27. The lowest BCUT2D eigenvalue weighted by Crippen LogP contribution is -2.42. The lowest BCUT2D eigenvalue weighted by molar-refractivity contribution is -0.120. The predicted molar refractivity (Wildman–Crippen MR) is 114 cm³/mol. The molecule has 0 bridgehead atoms. The van der Waals surface area contributed by atoms with Crippen LogP contribution in [-0.4, -0.2) is 61.5 Å². The number of likely N-dealkylation sites (tertiary alicyclic amines) is 1. The van der Waals surface area contributed by atoms with Gasteiger partial charge in [0.05, 0.1) is 18.4 Å². The van der Waals surface area contributed by atoms with Crippen LogP contribution in [0.25, 0.3) is 0 Å². The monoisotopic (exact) mass is 409 g/mol. The Labute approximate surface area is 176 Å². The number of carbonyl (C=O) groups is 1. The first-order valence-electron chi connectivity index (χ1n) is 10.1. The van der Waals surface area contributed by atoms with E-state index in [1.807, 2.05) is 12.1 Å².